The average molecular weight is 282 g/mol. The number of aromatic amines is 1. The van der Waals surface area contributed by atoms with Gasteiger partial charge in [0.2, 0.25) is 0 Å². The number of fused-ring (bicyclic) bond motifs is 2. The van der Waals surface area contributed by atoms with E-state index < -0.39 is 0 Å². The average Bonchev–Trinajstić information content (AvgIpc) is 3.09. The van der Waals surface area contributed by atoms with Crippen LogP contribution in [0.1, 0.15) is 35.8 Å². The van der Waals surface area contributed by atoms with E-state index in [-0.39, 0.29) is 0 Å². The Morgan fingerprint density at radius 2 is 2.10 bits per heavy atom. The highest BCUT2D eigenvalue weighted by Crippen LogP contribution is 2.35. The quantitative estimate of drug-likeness (QED) is 0.723. The molecule has 102 valence electrons. The lowest BCUT2D eigenvalue weighted by Crippen LogP contribution is -1.96. The van der Waals surface area contributed by atoms with E-state index in [1.165, 1.54) is 36.1 Å². The van der Waals surface area contributed by atoms with Gasteiger partial charge in [-0.15, -0.1) is 11.3 Å². The summed E-state index contributed by atoms with van der Waals surface area (Å²) < 4.78 is 0. The highest BCUT2D eigenvalue weighted by atomic mass is 32.1. The predicted octanol–water partition coefficient (Wildman–Crippen LogP) is 4.73. The summed E-state index contributed by atoms with van der Waals surface area (Å²) >= 11 is 1.92. The Morgan fingerprint density at radius 1 is 1.20 bits per heavy atom. The number of hydrogen-bond acceptors (Lipinski definition) is 2. The second-order valence-electron chi connectivity index (χ2n) is 5.56. The molecule has 1 N–H and O–H groups in total. The van der Waals surface area contributed by atoms with Crippen molar-refractivity contribution in [3.05, 3.63) is 40.3 Å². The van der Waals surface area contributed by atoms with Gasteiger partial charge in [0.1, 0.15) is 5.82 Å². The van der Waals surface area contributed by atoms with Gasteiger partial charge in [-0.05, 0) is 61.4 Å². The Morgan fingerprint density at radius 3 is 2.95 bits per heavy atom. The highest BCUT2D eigenvalue weighted by molar-refractivity contribution is 7.15. The van der Waals surface area contributed by atoms with Gasteiger partial charge in [-0.3, -0.25) is 0 Å². The number of nitrogens with one attached hydrogen (secondary N) is 1. The van der Waals surface area contributed by atoms with Gasteiger partial charge in [-0.2, -0.15) is 0 Å². The number of benzene rings is 1. The fourth-order valence-corrected chi connectivity index (χ4v) is 4.20. The molecule has 0 unspecified atom stereocenters. The molecule has 3 aromatic rings. The Bertz CT molecular complexity index is 743. The topological polar surface area (TPSA) is 28.7 Å². The summed E-state index contributed by atoms with van der Waals surface area (Å²) in [6.07, 6.45) is 6.24. The summed E-state index contributed by atoms with van der Waals surface area (Å²) in [4.78, 5) is 11.1. The van der Waals surface area contributed by atoms with E-state index in [4.69, 9.17) is 4.98 Å². The van der Waals surface area contributed by atoms with Crippen molar-refractivity contribution in [3.8, 4) is 10.7 Å². The third-order valence-electron chi connectivity index (χ3n) is 4.18. The summed E-state index contributed by atoms with van der Waals surface area (Å²) in [5, 5.41) is 0. The van der Waals surface area contributed by atoms with Gasteiger partial charge in [0.15, 0.2) is 0 Å². The van der Waals surface area contributed by atoms with Crippen LogP contribution in [-0.2, 0) is 19.3 Å². The number of nitrogens with zero attached hydrogens (tertiary/aromatic N) is 1. The Labute approximate surface area is 122 Å². The van der Waals surface area contributed by atoms with Crippen LogP contribution in [0, 0.1) is 0 Å². The number of hydrogen-bond donors (Lipinski definition) is 1. The first-order chi connectivity index (χ1) is 9.83. The zero-order chi connectivity index (χ0) is 13.5. The van der Waals surface area contributed by atoms with Crippen LogP contribution >= 0.6 is 11.3 Å². The number of H-pyrrole nitrogens is 1. The number of imidazole rings is 1. The summed E-state index contributed by atoms with van der Waals surface area (Å²) in [6, 6.07) is 8.87. The van der Waals surface area contributed by atoms with E-state index >= 15 is 0 Å². The lowest BCUT2D eigenvalue weighted by molar-refractivity contribution is 0.697. The zero-order valence-corrected chi connectivity index (χ0v) is 12.5. The lowest BCUT2D eigenvalue weighted by atomic mass is 9.99. The normalized spacial score (nSPS) is 14.7. The molecule has 1 aliphatic carbocycles. The fraction of sp³-hybridized carbons (Fsp3) is 0.353. The number of aromatic nitrogens is 2. The summed E-state index contributed by atoms with van der Waals surface area (Å²) in [5.41, 5.74) is 5.14. The highest BCUT2D eigenvalue weighted by Gasteiger charge is 2.16. The molecule has 0 aliphatic heterocycles. The molecule has 1 aromatic carbocycles. The van der Waals surface area contributed by atoms with Gasteiger partial charge < -0.3 is 4.98 Å². The van der Waals surface area contributed by atoms with Gasteiger partial charge in [0.25, 0.3) is 0 Å². The van der Waals surface area contributed by atoms with Crippen molar-refractivity contribution in [3.63, 3.8) is 0 Å². The molecule has 4 rings (SSSR count). The minimum absolute atomic E-state index is 1.03. The molecular formula is C17H18N2S. The van der Waals surface area contributed by atoms with Crippen molar-refractivity contribution >= 4 is 22.4 Å². The smallest absolute Gasteiger partial charge is 0.148 e. The van der Waals surface area contributed by atoms with Crippen LogP contribution in [0.25, 0.3) is 21.7 Å². The molecular weight excluding hydrogens is 264 g/mol. The molecule has 0 bridgehead atoms. The molecule has 0 spiro atoms. The van der Waals surface area contributed by atoms with E-state index in [2.05, 4.69) is 36.2 Å². The minimum atomic E-state index is 1.03. The van der Waals surface area contributed by atoms with Crippen molar-refractivity contribution in [1.29, 1.82) is 0 Å². The predicted molar refractivity (Wildman–Crippen MR) is 85.4 cm³/mol. The number of aryl methyl sites for hydroxylation is 3. The third kappa shape index (κ3) is 1.97. The molecule has 2 aromatic heterocycles. The number of thiophene rings is 1. The molecule has 0 saturated heterocycles. The lowest BCUT2D eigenvalue weighted by Gasteiger charge is -2.08. The first kappa shape index (κ1) is 12.2. The molecule has 20 heavy (non-hydrogen) atoms. The molecule has 0 atom stereocenters. The maximum Gasteiger partial charge on any atom is 0.148 e. The van der Waals surface area contributed by atoms with Crippen LogP contribution in [0.3, 0.4) is 0 Å². The summed E-state index contributed by atoms with van der Waals surface area (Å²) in [6.45, 7) is 2.19. The van der Waals surface area contributed by atoms with Crippen molar-refractivity contribution in [1.82, 2.24) is 9.97 Å². The van der Waals surface area contributed by atoms with Gasteiger partial charge in [0, 0.05) is 4.88 Å². The van der Waals surface area contributed by atoms with Crippen LogP contribution in [0.4, 0.5) is 0 Å². The Kier molecular flexibility index (Phi) is 2.88. The van der Waals surface area contributed by atoms with Crippen LogP contribution in [0.5, 0.6) is 0 Å². The maximum atomic E-state index is 4.76. The SMILES string of the molecule is CCc1ccc2nc(-c3cc4c(s3)CCCC4)[nH]c2c1. The molecule has 3 heteroatoms. The molecule has 2 heterocycles. The van der Waals surface area contributed by atoms with Crippen LogP contribution in [-0.4, -0.2) is 9.97 Å². The number of rotatable bonds is 2. The molecule has 0 saturated carbocycles. The van der Waals surface area contributed by atoms with Crippen molar-refractivity contribution < 1.29 is 0 Å². The molecule has 2 nitrogen and oxygen atoms in total. The molecule has 0 amide bonds. The van der Waals surface area contributed by atoms with E-state index in [0.29, 0.717) is 0 Å². The van der Waals surface area contributed by atoms with E-state index in [1.807, 2.05) is 11.3 Å². The molecule has 0 radical (unpaired) electrons. The largest absolute Gasteiger partial charge is 0.337 e. The van der Waals surface area contributed by atoms with Crippen molar-refractivity contribution in [2.24, 2.45) is 0 Å². The molecule has 1 aliphatic rings. The van der Waals surface area contributed by atoms with Crippen molar-refractivity contribution in [2.45, 2.75) is 39.0 Å². The monoisotopic (exact) mass is 282 g/mol. The Hall–Kier alpha value is -1.61. The third-order valence-corrected chi connectivity index (χ3v) is 5.43. The second kappa shape index (κ2) is 4.74. The first-order valence-electron chi connectivity index (χ1n) is 7.44. The summed E-state index contributed by atoms with van der Waals surface area (Å²) in [7, 11) is 0. The van der Waals surface area contributed by atoms with Gasteiger partial charge in [-0.25, -0.2) is 4.98 Å². The molecule has 0 fully saturated rings. The minimum Gasteiger partial charge on any atom is -0.337 e. The van der Waals surface area contributed by atoms with E-state index in [1.54, 1.807) is 10.4 Å². The van der Waals surface area contributed by atoms with Crippen molar-refractivity contribution in [2.75, 3.05) is 0 Å². The maximum absolute atomic E-state index is 4.76. The van der Waals surface area contributed by atoms with E-state index in [0.717, 1.165) is 23.3 Å². The Balaban J connectivity index is 1.79. The van der Waals surface area contributed by atoms with Gasteiger partial charge in [0.05, 0.1) is 15.9 Å². The van der Waals surface area contributed by atoms with Crippen LogP contribution in [0.2, 0.25) is 0 Å². The fourth-order valence-electron chi connectivity index (χ4n) is 3.00. The van der Waals surface area contributed by atoms with E-state index in [9.17, 15) is 0 Å². The second-order valence-corrected chi connectivity index (χ2v) is 6.69. The van der Waals surface area contributed by atoms with Crippen LogP contribution < -0.4 is 0 Å². The standard InChI is InChI=1S/C17H18N2S/c1-2-11-7-8-13-14(9-11)19-17(18-13)16-10-12-5-3-4-6-15(12)20-16/h7-10H,2-6H2,1H3,(H,18,19). The van der Waals surface area contributed by atoms with Crippen LogP contribution in [0.15, 0.2) is 24.3 Å². The van der Waals surface area contributed by atoms with Gasteiger partial charge >= 0.3 is 0 Å². The first-order valence-corrected chi connectivity index (χ1v) is 8.26. The zero-order valence-electron chi connectivity index (χ0n) is 11.7. The summed E-state index contributed by atoms with van der Waals surface area (Å²) in [5.74, 6) is 1.03. The van der Waals surface area contributed by atoms with Gasteiger partial charge in [-0.1, -0.05) is 13.0 Å².